The van der Waals surface area contributed by atoms with Gasteiger partial charge in [-0.25, -0.2) is 9.31 Å². The number of pyridine rings is 1. The molecule has 26 heavy (non-hydrogen) atoms. The fourth-order valence-corrected chi connectivity index (χ4v) is 3.20. The third-order valence-corrected chi connectivity index (χ3v) is 4.42. The third-order valence-electron chi connectivity index (χ3n) is 4.42. The van der Waals surface area contributed by atoms with Crippen molar-refractivity contribution in [2.45, 2.75) is 12.5 Å². The number of para-hydroxylation sites is 2. The zero-order chi connectivity index (χ0) is 17.9. The summed E-state index contributed by atoms with van der Waals surface area (Å²) >= 11 is 0. The fraction of sp³-hybridized carbons (Fsp3) is 0.278. The van der Waals surface area contributed by atoms with Crippen LogP contribution in [0, 0.1) is 0 Å². The van der Waals surface area contributed by atoms with E-state index in [9.17, 15) is 4.79 Å². The van der Waals surface area contributed by atoms with Crippen molar-refractivity contribution >= 4 is 23.3 Å². The Morgan fingerprint density at radius 3 is 2.92 bits per heavy atom. The molecule has 1 aliphatic heterocycles. The predicted molar refractivity (Wildman–Crippen MR) is 98.8 cm³/mol. The van der Waals surface area contributed by atoms with E-state index in [0.29, 0.717) is 5.65 Å². The van der Waals surface area contributed by atoms with Gasteiger partial charge in [0.15, 0.2) is 5.65 Å². The van der Waals surface area contributed by atoms with Gasteiger partial charge >= 0.3 is 6.03 Å². The summed E-state index contributed by atoms with van der Waals surface area (Å²) in [6.45, 7) is 1.59. The van der Waals surface area contributed by atoms with Crippen LogP contribution in [0.5, 0.6) is 5.75 Å². The minimum atomic E-state index is -0.298. The second-order valence-electron chi connectivity index (χ2n) is 6.14. The molecule has 1 fully saturated rings. The van der Waals surface area contributed by atoms with E-state index in [0.717, 1.165) is 30.9 Å². The zero-order valence-electron chi connectivity index (χ0n) is 14.4. The molecule has 134 valence electrons. The number of ether oxygens (including phenoxy) is 1. The van der Waals surface area contributed by atoms with E-state index in [1.54, 1.807) is 17.8 Å². The van der Waals surface area contributed by atoms with Gasteiger partial charge in [0.25, 0.3) is 5.95 Å². The minimum absolute atomic E-state index is 0.0527. The molecule has 4 rings (SSSR count). The molecule has 8 nitrogen and oxygen atoms in total. The molecule has 2 amide bonds. The molecule has 0 radical (unpaired) electrons. The normalized spacial score (nSPS) is 16.7. The first-order valence-corrected chi connectivity index (χ1v) is 8.50. The molecule has 0 aliphatic carbocycles. The van der Waals surface area contributed by atoms with E-state index >= 15 is 0 Å². The number of nitrogens with one attached hydrogen (secondary N) is 2. The van der Waals surface area contributed by atoms with Gasteiger partial charge in [-0.2, -0.15) is 4.98 Å². The smallest absolute Gasteiger partial charge is 0.321 e. The van der Waals surface area contributed by atoms with Crippen molar-refractivity contribution in [3.63, 3.8) is 0 Å². The van der Waals surface area contributed by atoms with Crippen LogP contribution in [0.4, 0.5) is 16.4 Å². The van der Waals surface area contributed by atoms with E-state index in [2.05, 4.69) is 25.6 Å². The van der Waals surface area contributed by atoms with Gasteiger partial charge in [0, 0.05) is 25.3 Å². The Morgan fingerprint density at radius 1 is 1.23 bits per heavy atom. The van der Waals surface area contributed by atoms with E-state index in [-0.39, 0.29) is 18.0 Å². The molecule has 1 aliphatic rings. The molecule has 0 spiro atoms. The average Bonchev–Trinajstić information content (AvgIpc) is 3.27. The van der Waals surface area contributed by atoms with Crippen LogP contribution < -0.4 is 20.3 Å². The Bertz CT molecular complexity index is 892. The van der Waals surface area contributed by atoms with Gasteiger partial charge in [0.2, 0.25) is 0 Å². The zero-order valence-corrected chi connectivity index (χ0v) is 14.4. The van der Waals surface area contributed by atoms with Crippen LogP contribution in [0.25, 0.3) is 5.65 Å². The first-order chi connectivity index (χ1) is 12.7. The number of carbonyl (C=O) groups is 1. The highest BCUT2D eigenvalue weighted by Gasteiger charge is 2.26. The molecular weight excluding hydrogens is 332 g/mol. The molecule has 8 heteroatoms. The average molecular weight is 352 g/mol. The Morgan fingerprint density at radius 2 is 2.08 bits per heavy atom. The third kappa shape index (κ3) is 3.26. The quantitative estimate of drug-likeness (QED) is 0.752. The highest BCUT2D eigenvalue weighted by molar-refractivity contribution is 5.87. The van der Waals surface area contributed by atoms with Crippen LogP contribution in [0.15, 0.2) is 48.7 Å². The Hall–Kier alpha value is -3.29. The van der Waals surface area contributed by atoms with Crippen molar-refractivity contribution in [1.82, 2.24) is 19.9 Å². The minimum Gasteiger partial charge on any atom is -0.495 e. The highest BCUT2D eigenvalue weighted by atomic mass is 16.5. The van der Waals surface area contributed by atoms with E-state index < -0.39 is 0 Å². The van der Waals surface area contributed by atoms with Gasteiger partial charge in [-0.15, -0.1) is 5.10 Å². The lowest BCUT2D eigenvalue weighted by Crippen LogP contribution is -2.40. The van der Waals surface area contributed by atoms with Crippen LogP contribution in [0.3, 0.4) is 0 Å². The lowest BCUT2D eigenvalue weighted by molar-refractivity contribution is 0.249. The standard InChI is InChI=1S/C18H20N6O2/c1-26-15-7-3-2-6-14(15)23-11-9-13(12-23)19-18(25)21-17-20-16-8-4-5-10-24(16)22-17/h2-8,10,13H,9,11-12H2,1H3,(H2,19,21,22,25). The van der Waals surface area contributed by atoms with Crippen LogP contribution in [-0.2, 0) is 0 Å². The number of urea groups is 1. The van der Waals surface area contributed by atoms with Crippen molar-refractivity contribution in [3.8, 4) is 5.75 Å². The van der Waals surface area contributed by atoms with Crippen molar-refractivity contribution in [1.29, 1.82) is 0 Å². The Labute approximate surface area is 150 Å². The molecular formula is C18H20N6O2. The first kappa shape index (κ1) is 16.2. The number of amides is 2. The first-order valence-electron chi connectivity index (χ1n) is 8.50. The maximum Gasteiger partial charge on any atom is 0.321 e. The largest absolute Gasteiger partial charge is 0.495 e. The highest BCUT2D eigenvalue weighted by Crippen LogP contribution is 2.30. The number of hydrogen-bond donors (Lipinski definition) is 2. The molecule has 1 atom stereocenters. The van der Waals surface area contributed by atoms with E-state index in [1.807, 2.05) is 42.5 Å². The molecule has 1 saturated heterocycles. The maximum absolute atomic E-state index is 12.3. The number of fused-ring (bicyclic) bond motifs is 1. The SMILES string of the molecule is COc1ccccc1N1CCC(NC(=O)Nc2nc3ccccn3n2)C1. The lowest BCUT2D eigenvalue weighted by atomic mass is 10.2. The summed E-state index contributed by atoms with van der Waals surface area (Å²) < 4.78 is 7.04. The summed E-state index contributed by atoms with van der Waals surface area (Å²) in [5, 5.41) is 9.91. The van der Waals surface area contributed by atoms with Gasteiger partial charge in [0.05, 0.1) is 12.8 Å². The number of rotatable bonds is 4. The molecule has 3 aromatic rings. The van der Waals surface area contributed by atoms with E-state index in [1.165, 1.54) is 0 Å². The molecule has 2 aromatic heterocycles. The summed E-state index contributed by atoms with van der Waals surface area (Å²) in [6.07, 6.45) is 2.65. The maximum atomic E-state index is 12.3. The van der Waals surface area contributed by atoms with Gasteiger partial charge in [-0.1, -0.05) is 18.2 Å². The van der Waals surface area contributed by atoms with Gasteiger partial charge in [0.1, 0.15) is 5.75 Å². The second kappa shape index (κ2) is 6.91. The van der Waals surface area contributed by atoms with Gasteiger partial charge in [-0.3, -0.25) is 5.32 Å². The van der Waals surface area contributed by atoms with Gasteiger partial charge in [-0.05, 0) is 30.7 Å². The number of methoxy groups -OCH3 is 1. The number of carbonyl (C=O) groups excluding carboxylic acids is 1. The number of aromatic nitrogens is 3. The van der Waals surface area contributed by atoms with Crippen LogP contribution in [-0.4, -0.2) is 46.9 Å². The topological polar surface area (TPSA) is 83.8 Å². The monoisotopic (exact) mass is 352 g/mol. The summed E-state index contributed by atoms with van der Waals surface area (Å²) in [5.74, 6) is 1.12. The second-order valence-corrected chi connectivity index (χ2v) is 6.14. The summed E-state index contributed by atoms with van der Waals surface area (Å²) in [6, 6.07) is 13.2. The number of anilines is 2. The Kier molecular flexibility index (Phi) is 4.30. The number of nitrogens with zero attached hydrogens (tertiary/aromatic N) is 4. The lowest BCUT2D eigenvalue weighted by Gasteiger charge is -2.21. The molecule has 1 aromatic carbocycles. The van der Waals surface area contributed by atoms with Crippen LogP contribution in [0.1, 0.15) is 6.42 Å². The summed E-state index contributed by atoms with van der Waals surface area (Å²) in [5.41, 5.74) is 1.73. The predicted octanol–water partition coefficient (Wildman–Crippen LogP) is 2.14. The van der Waals surface area contributed by atoms with Crippen LogP contribution in [0.2, 0.25) is 0 Å². The van der Waals surface area contributed by atoms with Crippen molar-refractivity contribution < 1.29 is 9.53 Å². The molecule has 0 bridgehead atoms. The molecule has 2 N–H and O–H groups in total. The summed E-state index contributed by atoms with van der Waals surface area (Å²) in [4.78, 5) is 18.7. The van der Waals surface area contributed by atoms with Crippen molar-refractivity contribution in [2.24, 2.45) is 0 Å². The van der Waals surface area contributed by atoms with Crippen molar-refractivity contribution in [3.05, 3.63) is 48.7 Å². The molecule has 1 unspecified atom stereocenters. The van der Waals surface area contributed by atoms with E-state index in [4.69, 9.17) is 4.74 Å². The van der Waals surface area contributed by atoms with Gasteiger partial charge < -0.3 is 15.0 Å². The number of hydrogen-bond acceptors (Lipinski definition) is 5. The molecule has 0 saturated carbocycles. The fourth-order valence-electron chi connectivity index (χ4n) is 3.20. The van der Waals surface area contributed by atoms with Crippen LogP contribution >= 0.6 is 0 Å². The number of benzene rings is 1. The summed E-state index contributed by atoms with van der Waals surface area (Å²) in [7, 11) is 1.67. The Balaban J connectivity index is 1.36. The van der Waals surface area contributed by atoms with Crippen molar-refractivity contribution in [2.75, 3.05) is 30.4 Å². The molecule has 3 heterocycles.